The summed E-state index contributed by atoms with van der Waals surface area (Å²) in [5.74, 6) is 4.17. The van der Waals surface area contributed by atoms with Crippen molar-refractivity contribution in [1.82, 2.24) is 10.6 Å². The summed E-state index contributed by atoms with van der Waals surface area (Å²) in [5, 5.41) is 4.79. The Morgan fingerprint density at radius 3 is 2.80 bits per heavy atom. The van der Waals surface area contributed by atoms with E-state index in [1.165, 1.54) is 0 Å². The van der Waals surface area contributed by atoms with Gasteiger partial charge in [-0.2, -0.15) is 0 Å². The van der Waals surface area contributed by atoms with Gasteiger partial charge in [-0.05, 0) is 31.0 Å². The number of hydrogen-bond donors (Lipinski definition) is 4. The van der Waals surface area contributed by atoms with E-state index >= 15 is 0 Å². The van der Waals surface area contributed by atoms with Crippen molar-refractivity contribution in [3.05, 3.63) is 29.3 Å². The number of hydrogen-bond acceptors (Lipinski definition) is 5. The highest BCUT2D eigenvalue weighted by atomic mass is 16.2. The highest BCUT2D eigenvalue weighted by Crippen LogP contribution is 2.17. The van der Waals surface area contributed by atoms with Gasteiger partial charge in [-0.3, -0.25) is 25.5 Å². The SMILES string of the molecule is Cc1ccc(C(=O)NC2CCC(=O)NC2=O)c(NN)c1. The maximum absolute atomic E-state index is 12.2. The van der Waals surface area contributed by atoms with Crippen LogP contribution in [0.3, 0.4) is 0 Å². The van der Waals surface area contributed by atoms with Crippen LogP contribution in [0.4, 0.5) is 5.69 Å². The van der Waals surface area contributed by atoms with Gasteiger partial charge in [-0.15, -0.1) is 0 Å². The number of carbonyl (C=O) groups is 3. The first-order chi connectivity index (χ1) is 9.51. The molecule has 7 heteroatoms. The van der Waals surface area contributed by atoms with E-state index in [2.05, 4.69) is 16.1 Å². The largest absolute Gasteiger partial charge is 0.340 e. The minimum Gasteiger partial charge on any atom is -0.340 e. The number of benzene rings is 1. The van der Waals surface area contributed by atoms with Crippen LogP contribution in [0.5, 0.6) is 0 Å². The van der Waals surface area contributed by atoms with Crippen LogP contribution in [0.15, 0.2) is 18.2 Å². The minimum absolute atomic E-state index is 0.215. The van der Waals surface area contributed by atoms with Crippen molar-refractivity contribution in [2.24, 2.45) is 5.84 Å². The second kappa shape index (κ2) is 5.70. The van der Waals surface area contributed by atoms with E-state index < -0.39 is 17.9 Å². The van der Waals surface area contributed by atoms with Crippen molar-refractivity contribution in [3.63, 3.8) is 0 Å². The quantitative estimate of drug-likeness (QED) is 0.347. The molecule has 1 atom stereocenters. The van der Waals surface area contributed by atoms with E-state index in [1.54, 1.807) is 18.2 Å². The van der Waals surface area contributed by atoms with Crippen LogP contribution in [-0.4, -0.2) is 23.8 Å². The fraction of sp³-hybridized carbons (Fsp3) is 0.308. The molecule has 0 spiro atoms. The van der Waals surface area contributed by atoms with Crippen LogP contribution in [0.25, 0.3) is 0 Å². The molecule has 7 nitrogen and oxygen atoms in total. The lowest BCUT2D eigenvalue weighted by Crippen LogP contribution is -2.52. The Bertz CT molecular complexity index is 571. The Hall–Kier alpha value is -2.41. The molecule has 1 unspecified atom stereocenters. The third-order valence-electron chi connectivity index (χ3n) is 3.12. The number of hydrazine groups is 1. The lowest BCUT2D eigenvalue weighted by molar-refractivity contribution is -0.134. The Kier molecular flexibility index (Phi) is 3.99. The molecule has 0 bridgehead atoms. The zero-order valence-corrected chi connectivity index (χ0v) is 11.0. The molecule has 2 rings (SSSR count). The van der Waals surface area contributed by atoms with Crippen molar-refractivity contribution >= 4 is 23.4 Å². The van der Waals surface area contributed by atoms with E-state index in [4.69, 9.17) is 5.84 Å². The average Bonchev–Trinajstić information content (AvgIpc) is 2.41. The fourth-order valence-electron chi connectivity index (χ4n) is 2.04. The van der Waals surface area contributed by atoms with Gasteiger partial charge in [0.2, 0.25) is 11.8 Å². The summed E-state index contributed by atoms with van der Waals surface area (Å²) in [5.41, 5.74) is 4.24. The predicted octanol–water partition coefficient (Wildman–Crippen LogP) is -0.184. The maximum atomic E-state index is 12.2. The first-order valence-corrected chi connectivity index (χ1v) is 6.23. The van der Waals surface area contributed by atoms with Gasteiger partial charge in [0.25, 0.3) is 5.91 Å². The topological polar surface area (TPSA) is 113 Å². The number of carbonyl (C=O) groups excluding carboxylic acids is 3. The maximum Gasteiger partial charge on any atom is 0.254 e. The average molecular weight is 276 g/mol. The van der Waals surface area contributed by atoms with E-state index in [1.807, 2.05) is 6.92 Å². The molecule has 1 aromatic carbocycles. The smallest absolute Gasteiger partial charge is 0.254 e. The molecule has 5 N–H and O–H groups in total. The number of aryl methyl sites for hydroxylation is 1. The molecular weight excluding hydrogens is 260 g/mol. The molecule has 1 fully saturated rings. The molecule has 1 aliphatic rings. The van der Waals surface area contributed by atoms with Crippen molar-refractivity contribution in [3.8, 4) is 0 Å². The van der Waals surface area contributed by atoms with Crippen molar-refractivity contribution in [2.75, 3.05) is 5.43 Å². The van der Waals surface area contributed by atoms with Gasteiger partial charge in [-0.1, -0.05) is 6.07 Å². The zero-order valence-electron chi connectivity index (χ0n) is 11.0. The van der Waals surface area contributed by atoms with E-state index in [0.717, 1.165) is 5.56 Å². The fourth-order valence-corrected chi connectivity index (χ4v) is 2.04. The molecule has 0 aliphatic carbocycles. The number of rotatable bonds is 3. The van der Waals surface area contributed by atoms with Crippen molar-refractivity contribution < 1.29 is 14.4 Å². The summed E-state index contributed by atoms with van der Waals surface area (Å²) in [6, 6.07) is 4.44. The Morgan fingerprint density at radius 1 is 1.40 bits per heavy atom. The lowest BCUT2D eigenvalue weighted by atomic mass is 10.0. The number of nitrogens with one attached hydrogen (secondary N) is 3. The van der Waals surface area contributed by atoms with Crippen molar-refractivity contribution in [2.45, 2.75) is 25.8 Å². The summed E-state index contributed by atoms with van der Waals surface area (Å²) in [6.45, 7) is 1.88. The van der Waals surface area contributed by atoms with Gasteiger partial charge in [0, 0.05) is 6.42 Å². The molecule has 1 aromatic rings. The third-order valence-corrected chi connectivity index (χ3v) is 3.12. The molecule has 1 saturated heterocycles. The molecule has 0 radical (unpaired) electrons. The molecule has 0 saturated carbocycles. The summed E-state index contributed by atoms with van der Waals surface area (Å²) in [6.07, 6.45) is 0.514. The van der Waals surface area contributed by atoms with Crippen LogP contribution in [0, 0.1) is 6.92 Å². The number of piperidine rings is 1. The number of anilines is 1. The first kappa shape index (κ1) is 14.0. The predicted molar refractivity (Wildman–Crippen MR) is 72.6 cm³/mol. The number of nitrogens with two attached hydrogens (primary N) is 1. The monoisotopic (exact) mass is 276 g/mol. The highest BCUT2D eigenvalue weighted by molar-refractivity contribution is 6.05. The third kappa shape index (κ3) is 2.94. The van der Waals surface area contributed by atoms with Gasteiger partial charge in [0.1, 0.15) is 6.04 Å². The Morgan fingerprint density at radius 2 is 2.15 bits per heavy atom. The Balaban J connectivity index is 2.12. The molecule has 0 aromatic heterocycles. The summed E-state index contributed by atoms with van der Waals surface area (Å²) in [4.78, 5) is 34.8. The highest BCUT2D eigenvalue weighted by Gasteiger charge is 2.28. The second-order valence-electron chi connectivity index (χ2n) is 4.67. The molecule has 1 aliphatic heterocycles. The summed E-state index contributed by atoms with van der Waals surface area (Å²) >= 11 is 0. The van der Waals surface area contributed by atoms with Crippen LogP contribution in [0.1, 0.15) is 28.8 Å². The first-order valence-electron chi connectivity index (χ1n) is 6.23. The number of nitrogen functional groups attached to an aromatic ring is 1. The molecule has 106 valence electrons. The lowest BCUT2D eigenvalue weighted by Gasteiger charge is -2.22. The van der Waals surface area contributed by atoms with Crippen LogP contribution < -0.4 is 21.9 Å². The van der Waals surface area contributed by atoms with Crippen molar-refractivity contribution in [1.29, 1.82) is 0 Å². The van der Waals surface area contributed by atoms with Crippen LogP contribution >= 0.6 is 0 Å². The van der Waals surface area contributed by atoms with Gasteiger partial charge in [0.05, 0.1) is 11.3 Å². The van der Waals surface area contributed by atoms with Gasteiger partial charge in [-0.25, -0.2) is 0 Å². The zero-order chi connectivity index (χ0) is 14.7. The normalized spacial score (nSPS) is 18.4. The Labute approximate surface area is 115 Å². The number of amides is 3. The van der Waals surface area contributed by atoms with Crippen LogP contribution in [-0.2, 0) is 9.59 Å². The van der Waals surface area contributed by atoms with Gasteiger partial charge >= 0.3 is 0 Å². The molecular formula is C13H16N4O3. The molecule has 1 heterocycles. The van der Waals surface area contributed by atoms with Gasteiger partial charge in [0.15, 0.2) is 0 Å². The second-order valence-corrected chi connectivity index (χ2v) is 4.67. The summed E-state index contributed by atoms with van der Waals surface area (Å²) < 4.78 is 0. The van der Waals surface area contributed by atoms with E-state index in [0.29, 0.717) is 17.7 Å². The molecule has 20 heavy (non-hydrogen) atoms. The van der Waals surface area contributed by atoms with E-state index in [9.17, 15) is 14.4 Å². The standard InChI is InChI=1S/C13H16N4O3/c1-7-2-3-8(10(6-7)17-14)12(19)15-9-4-5-11(18)16-13(9)20/h2-3,6,9,17H,4-5,14H2,1H3,(H,15,19)(H,16,18,20). The number of imide groups is 1. The molecule has 3 amide bonds. The van der Waals surface area contributed by atoms with Gasteiger partial charge < -0.3 is 10.7 Å². The van der Waals surface area contributed by atoms with E-state index in [-0.39, 0.29) is 12.3 Å². The summed E-state index contributed by atoms with van der Waals surface area (Å²) in [7, 11) is 0. The minimum atomic E-state index is -0.702. The van der Waals surface area contributed by atoms with Crippen LogP contribution in [0.2, 0.25) is 0 Å².